The highest BCUT2D eigenvalue weighted by molar-refractivity contribution is 7.88. The van der Waals surface area contributed by atoms with Gasteiger partial charge in [-0.3, -0.25) is 0 Å². The van der Waals surface area contributed by atoms with Gasteiger partial charge in [-0.2, -0.15) is 4.31 Å². The average molecular weight is 493 g/mol. The van der Waals surface area contributed by atoms with Crippen LogP contribution in [-0.4, -0.2) is 79.0 Å². The van der Waals surface area contributed by atoms with Crippen LogP contribution in [0.5, 0.6) is 0 Å². The van der Waals surface area contributed by atoms with E-state index < -0.39 is 22.2 Å². The summed E-state index contributed by atoms with van der Waals surface area (Å²) >= 11 is 0. The van der Waals surface area contributed by atoms with Crippen molar-refractivity contribution < 1.29 is 18.6 Å². The van der Waals surface area contributed by atoms with Crippen molar-refractivity contribution in [3.8, 4) is 0 Å². The van der Waals surface area contributed by atoms with Crippen molar-refractivity contribution in [2.45, 2.75) is 71.0 Å². The normalized spacial score (nSPS) is 39.5. The number of aliphatic hydroxyl groups excluding tert-OH is 2. The lowest BCUT2D eigenvalue weighted by Gasteiger charge is -2.45. The predicted octanol–water partition coefficient (Wildman–Crippen LogP) is 3.34. The second-order valence-electron chi connectivity index (χ2n) is 11.6. The van der Waals surface area contributed by atoms with Gasteiger partial charge in [0, 0.05) is 39.1 Å². The van der Waals surface area contributed by atoms with Gasteiger partial charge in [0.25, 0.3) is 0 Å². The Morgan fingerprint density at radius 1 is 1.18 bits per heavy atom. The first-order valence-electron chi connectivity index (χ1n) is 13.1. The molecule has 192 valence electrons. The van der Waals surface area contributed by atoms with Crippen molar-refractivity contribution >= 4 is 10.0 Å². The molecule has 0 amide bonds. The van der Waals surface area contributed by atoms with E-state index in [9.17, 15) is 18.6 Å². The average Bonchev–Trinajstić information content (AvgIpc) is 3.12. The maximum absolute atomic E-state index is 11.8. The second-order valence-corrected chi connectivity index (χ2v) is 13.6. The summed E-state index contributed by atoms with van der Waals surface area (Å²) in [4.78, 5) is 2.46. The van der Waals surface area contributed by atoms with E-state index in [-0.39, 0.29) is 0 Å². The standard InChI is InChI=1S/C27H44N2O4S/c1-19(18-28-12-14-29(15-13-28)34(4,32)33)24-9-10-25-21(6-5-11-27(24,25)3)7-8-22-16-23(30)17-26(31)20(22)2/h7-8,19,23-26,30-31H,2,5-6,9-18H2,1,3-4H3/b21-7+,22-8-/t19?,23-,24-,25+,26+,27-/m1/s1. The molecule has 0 radical (unpaired) electrons. The summed E-state index contributed by atoms with van der Waals surface area (Å²) in [6.45, 7) is 12.9. The van der Waals surface area contributed by atoms with Crippen LogP contribution in [0.4, 0.5) is 0 Å². The molecule has 0 aromatic carbocycles. The van der Waals surface area contributed by atoms with Crippen LogP contribution < -0.4 is 0 Å². The molecule has 4 aliphatic rings. The molecule has 0 aromatic heterocycles. The molecule has 0 spiro atoms. The van der Waals surface area contributed by atoms with E-state index in [1.165, 1.54) is 37.5 Å². The summed E-state index contributed by atoms with van der Waals surface area (Å²) in [6, 6.07) is 0. The van der Waals surface area contributed by atoms with Gasteiger partial charge in [-0.05, 0) is 72.8 Å². The van der Waals surface area contributed by atoms with Gasteiger partial charge in [0.05, 0.1) is 18.5 Å². The third-order valence-electron chi connectivity index (χ3n) is 9.34. The highest BCUT2D eigenvalue weighted by Gasteiger charge is 2.50. The number of aliphatic hydroxyl groups is 2. The van der Waals surface area contributed by atoms with Crippen molar-refractivity contribution in [1.82, 2.24) is 9.21 Å². The molecular weight excluding hydrogens is 448 g/mol. The molecule has 0 aromatic rings. The minimum atomic E-state index is -3.09. The topological polar surface area (TPSA) is 81.1 Å². The Bertz CT molecular complexity index is 934. The minimum Gasteiger partial charge on any atom is -0.393 e. The Morgan fingerprint density at radius 2 is 1.88 bits per heavy atom. The van der Waals surface area contributed by atoms with Crippen molar-refractivity contribution in [3.05, 3.63) is 35.5 Å². The van der Waals surface area contributed by atoms with Crippen LogP contribution in [0.2, 0.25) is 0 Å². The lowest BCUT2D eigenvalue weighted by Crippen LogP contribution is -2.50. The maximum atomic E-state index is 11.8. The first-order valence-corrected chi connectivity index (χ1v) is 15.0. The van der Waals surface area contributed by atoms with Gasteiger partial charge in [0.15, 0.2) is 0 Å². The Hall–Kier alpha value is -0.990. The van der Waals surface area contributed by atoms with Crippen molar-refractivity contribution in [2.75, 3.05) is 39.0 Å². The van der Waals surface area contributed by atoms with Crippen LogP contribution in [0, 0.1) is 23.2 Å². The highest BCUT2D eigenvalue weighted by atomic mass is 32.2. The van der Waals surface area contributed by atoms with Gasteiger partial charge >= 0.3 is 0 Å². The maximum Gasteiger partial charge on any atom is 0.211 e. The highest BCUT2D eigenvalue weighted by Crippen LogP contribution is 2.59. The molecule has 34 heavy (non-hydrogen) atoms. The van der Waals surface area contributed by atoms with Crippen LogP contribution >= 0.6 is 0 Å². The molecule has 1 unspecified atom stereocenters. The first kappa shape index (κ1) is 26.1. The summed E-state index contributed by atoms with van der Waals surface area (Å²) in [5.41, 5.74) is 3.58. The molecule has 1 aliphatic heterocycles. The SMILES string of the molecule is C=C1/C(=C\C=C2/CCC[C@]3(C)[C@@H](C(C)CN4CCN(S(C)(=O)=O)CC4)CC[C@@H]23)C[C@@H](O)C[C@@H]1O. The van der Waals surface area contributed by atoms with Gasteiger partial charge in [0.2, 0.25) is 10.0 Å². The van der Waals surface area contributed by atoms with Crippen LogP contribution in [-0.2, 0) is 10.0 Å². The summed E-state index contributed by atoms with van der Waals surface area (Å²) in [6.07, 6.45) is 11.6. The number of rotatable bonds is 5. The molecular formula is C27H44N2O4S. The fraction of sp³-hybridized carbons (Fsp3) is 0.778. The second kappa shape index (κ2) is 10.2. The Kier molecular flexibility index (Phi) is 7.80. The smallest absolute Gasteiger partial charge is 0.211 e. The third-order valence-corrected chi connectivity index (χ3v) is 10.6. The van der Waals surface area contributed by atoms with Crippen LogP contribution in [0.1, 0.15) is 58.8 Å². The van der Waals surface area contributed by atoms with E-state index in [0.717, 1.165) is 37.2 Å². The largest absolute Gasteiger partial charge is 0.393 e. The van der Waals surface area contributed by atoms with Gasteiger partial charge in [-0.25, -0.2) is 8.42 Å². The van der Waals surface area contributed by atoms with Crippen LogP contribution in [0.15, 0.2) is 35.5 Å². The van der Waals surface area contributed by atoms with Crippen LogP contribution in [0.3, 0.4) is 0 Å². The molecule has 0 bridgehead atoms. The fourth-order valence-corrected chi connectivity index (χ4v) is 8.28. The summed E-state index contributed by atoms with van der Waals surface area (Å²) < 4.78 is 25.3. The van der Waals surface area contributed by atoms with E-state index in [1.807, 2.05) is 0 Å². The zero-order valence-electron chi connectivity index (χ0n) is 21.2. The molecule has 2 N–H and O–H groups in total. The number of piperazine rings is 1. The van der Waals surface area contributed by atoms with E-state index in [2.05, 4.69) is 37.5 Å². The fourth-order valence-electron chi connectivity index (χ4n) is 7.46. The molecule has 3 aliphatic carbocycles. The van der Waals surface area contributed by atoms with Crippen molar-refractivity contribution in [3.63, 3.8) is 0 Å². The third kappa shape index (κ3) is 5.39. The molecule has 7 heteroatoms. The van der Waals surface area contributed by atoms with Gasteiger partial charge < -0.3 is 15.1 Å². The van der Waals surface area contributed by atoms with Gasteiger partial charge in [-0.1, -0.05) is 38.2 Å². The number of hydrogen-bond acceptors (Lipinski definition) is 5. The molecule has 1 heterocycles. The molecule has 3 saturated carbocycles. The number of allylic oxidation sites excluding steroid dienone is 3. The molecule has 4 fully saturated rings. The number of nitrogens with zero attached hydrogens (tertiary/aromatic N) is 2. The predicted molar refractivity (Wildman–Crippen MR) is 137 cm³/mol. The summed E-state index contributed by atoms with van der Waals surface area (Å²) in [7, 11) is -3.09. The molecule has 1 saturated heterocycles. The zero-order chi connectivity index (χ0) is 24.7. The van der Waals surface area contributed by atoms with E-state index in [4.69, 9.17) is 0 Å². The van der Waals surface area contributed by atoms with Crippen molar-refractivity contribution in [1.29, 1.82) is 0 Å². The minimum absolute atomic E-state index is 0.305. The Labute approximate surface area is 206 Å². The Balaban J connectivity index is 1.42. The van der Waals surface area contributed by atoms with E-state index in [0.29, 0.717) is 49.1 Å². The molecule has 6 atom stereocenters. The van der Waals surface area contributed by atoms with E-state index in [1.54, 1.807) is 4.31 Å². The van der Waals surface area contributed by atoms with Crippen molar-refractivity contribution in [2.24, 2.45) is 23.2 Å². The lowest BCUT2D eigenvalue weighted by molar-refractivity contribution is 0.0699. The lowest BCUT2D eigenvalue weighted by atomic mass is 9.61. The summed E-state index contributed by atoms with van der Waals surface area (Å²) in [5.74, 6) is 1.86. The van der Waals surface area contributed by atoms with E-state index >= 15 is 0 Å². The first-order chi connectivity index (χ1) is 16.0. The van der Waals surface area contributed by atoms with Crippen LogP contribution in [0.25, 0.3) is 0 Å². The number of fused-ring (bicyclic) bond motifs is 1. The Morgan fingerprint density at radius 3 is 2.56 bits per heavy atom. The number of sulfonamides is 1. The number of hydrogen-bond donors (Lipinski definition) is 2. The van der Waals surface area contributed by atoms with Gasteiger partial charge in [-0.15, -0.1) is 0 Å². The zero-order valence-corrected chi connectivity index (χ0v) is 22.1. The molecule has 4 rings (SSSR count). The van der Waals surface area contributed by atoms with Gasteiger partial charge in [0.1, 0.15) is 0 Å². The quantitative estimate of drug-likeness (QED) is 0.615. The molecule has 6 nitrogen and oxygen atoms in total. The summed E-state index contributed by atoms with van der Waals surface area (Å²) in [5, 5.41) is 20.3. The monoisotopic (exact) mass is 492 g/mol.